The second kappa shape index (κ2) is 6.17. The summed E-state index contributed by atoms with van der Waals surface area (Å²) in [4.78, 5) is 22.6. The van der Waals surface area contributed by atoms with Gasteiger partial charge >= 0.3 is 5.97 Å². The van der Waals surface area contributed by atoms with Crippen molar-refractivity contribution in [1.82, 2.24) is 0 Å². The van der Waals surface area contributed by atoms with Crippen molar-refractivity contribution in [3.05, 3.63) is 74.8 Å². The molecule has 2 aromatic carbocycles. The van der Waals surface area contributed by atoms with Crippen LogP contribution in [0.4, 0.5) is 5.69 Å². The van der Waals surface area contributed by atoms with Crippen LogP contribution < -0.4 is 0 Å². The lowest BCUT2D eigenvalue weighted by molar-refractivity contribution is -0.385. The molecule has 5 nitrogen and oxygen atoms in total. The van der Waals surface area contributed by atoms with Gasteiger partial charge in [-0.2, -0.15) is 0 Å². The fourth-order valence-corrected chi connectivity index (χ4v) is 2.14. The number of nitro benzene ring substituents is 1. The first-order valence-electron chi connectivity index (χ1n) is 6.46. The number of carbonyl (C=O) groups is 1. The number of aryl methyl sites for hydroxylation is 1. The molecule has 5 heteroatoms. The maximum absolute atomic E-state index is 12.2. The first-order valence-corrected chi connectivity index (χ1v) is 6.46. The summed E-state index contributed by atoms with van der Waals surface area (Å²) in [6, 6.07) is 12.2. The molecule has 0 aromatic heterocycles. The van der Waals surface area contributed by atoms with E-state index >= 15 is 0 Å². The molecule has 0 aliphatic rings. The Morgan fingerprint density at radius 2 is 1.81 bits per heavy atom. The predicted octanol–water partition coefficient (Wildman–Crippen LogP) is 3.57. The normalized spacial score (nSPS) is 10.2. The number of nitro groups is 1. The molecule has 2 aromatic rings. The van der Waals surface area contributed by atoms with Crippen LogP contribution in [0, 0.1) is 24.0 Å². The van der Waals surface area contributed by atoms with Crippen molar-refractivity contribution in [1.29, 1.82) is 0 Å². The van der Waals surface area contributed by atoms with E-state index in [1.54, 1.807) is 19.9 Å². The van der Waals surface area contributed by atoms with Crippen LogP contribution in [0.3, 0.4) is 0 Å². The Bertz CT molecular complexity index is 680. The van der Waals surface area contributed by atoms with E-state index in [0.29, 0.717) is 11.1 Å². The van der Waals surface area contributed by atoms with Gasteiger partial charge in [0.1, 0.15) is 6.61 Å². The van der Waals surface area contributed by atoms with Gasteiger partial charge in [-0.05, 0) is 25.0 Å². The third-order valence-electron chi connectivity index (χ3n) is 3.26. The molecular formula is C16H15NO4. The highest BCUT2D eigenvalue weighted by Gasteiger charge is 2.21. The summed E-state index contributed by atoms with van der Waals surface area (Å²) in [5.41, 5.74) is 2.05. The molecule has 0 N–H and O–H groups in total. The Balaban J connectivity index is 2.23. The second-order valence-electron chi connectivity index (χ2n) is 4.72. The van der Waals surface area contributed by atoms with Crippen molar-refractivity contribution in [3.63, 3.8) is 0 Å². The summed E-state index contributed by atoms with van der Waals surface area (Å²) >= 11 is 0. The summed E-state index contributed by atoms with van der Waals surface area (Å²) in [7, 11) is 0. The number of ether oxygens (including phenoxy) is 1. The van der Waals surface area contributed by atoms with Gasteiger partial charge in [-0.25, -0.2) is 4.79 Å². The van der Waals surface area contributed by atoms with Gasteiger partial charge in [0.25, 0.3) is 5.69 Å². The molecule has 0 atom stereocenters. The first kappa shape index (κ1) is 14.7. The number of benzene rings is 2. The van der Waals surface area contributed by atoms with Crippen molar-refractivity contribution in [2.75, 3.05) is 0 Å². The van der Waals surface area contributed by atoms with Crippen LogP contribution in [0.2, 0.25) is 0 Å². The van der Waals surface area contributed by atoms with Crippen molar-refractivity contribution in [3.8, 4) is 0 Å². The van der Waals surface area contributed by atoms with Gasteiger partial charge in [0.05, 0.1) is 10.5 Å². The summed E-state index contributed by atoms with van der Waals surface area (Å²) in [5.74, 6) is -0.544. The fraction of sp³-hybridized carbons (Fsp3) is 0.188. The Morgan fingerprint density at radius 3 is 2.43 bits per heavy atom. The van der Waals surface area contributed by atoms with E-state index in [4.69, 9.17) is 4.74 Å². The molecule has 0 amide bonds. The van der Waals surface area contributed by atoms with Crippen LogP contribution >= 0.6 is 0 Å². The zero-order chi connectivity index (χ0) is 15.4. The average molecular weight is 285 g/mol. The van der Waals surface area contributed by atoms with Crippen LogP contribution in [0.5, 0.6) is 0 Å². The van der Waals surface area contributed by atoms with Crippen LogP contribution in [-0.4, -0.2) is 10.9 Å². The van der Waals surface area contributed by atoms with Gasteiger partial charge < -0.3 is 4.74 Å². The SMILES string of the molecule is Cc1ccc([N+](=O)[O-])c(C)c1C(=O)OCc1ccccc1. The van der Waals surface area contributed by atoms with Crippen molar-refractivity contribution in [2.45, 2.75) is 20.5 Å². The molecule has 0 heterocycles. The molecule has 0 saturated carbocycles. The number of rotatable bonds is 4. The Kier molecular flexibility index (Phi) is 4.33. The molecule has 0 spiro atoms. The lowest BCUT2D eigenvalue weighted by atomic mass is 10.0. The zero-order valence-electron chi connectivity index (χ0n) is 11.8. The van der Waals surface area contributed by atoms with Crippen LogP contribution in [-0.2, 0) is 11.3 Å². The fourth-order valence-electron chi connectivity index (χ4n) is 2.14. The predicted molar refractivity (Wildman–Crippen MR) is 78.1 cm³/mol. The Morgan fingerprint density at radius 1 is 1.14 bits per heavy atom. The molecule has 0 unspecified atom stereocenters. The number of esters is 1. The highest BCUT2D eigenvalue weighted by molar-refractivity contribution is 5.93. The molecule has 0 bridgehead atoms. The molecule has 0 fully saturated rings. The van der Waals surface area contributed by atoms with E-state index in [0.717, 1.165) is 5.56 Å². The monoisotopic (exact) mass is 285 g/mol. The summed E-state index contributed by atoms with van der Waals surface area (Å²) in [5, 5.41) is 10.9. The smallest absolute Gasteiger partial charge is 0.339 e. The van der Waals surface area contributed by atoms with E-state index < -0.39 is 10.9 Å². The van der Waals surface area contributed by atoms with Crippen LogP contribution in [0.25, 0.3) is 0 Å². The quantitative estimate of drug-likeness (QED) is 0.489. The largest absolute Gasteiger partial charge is 0.457 e. The van der Waals surface area contributed by atoms with E-state index in [1.807, 2.05) is 30.3 Å². The molecule has 0 radical (unpaired) electrons. The number of nitrogens with zero attached hydrogens (tertiary/aromatic N) is 1. The third kappa shape index (κ3) is 3.25. The first-order chi connectivity index (χ1) is 10.0. The van der Waals surface area contributed by atoms with E-state index in [-0.39, 0.29) is 17.9 Å². The Labute approximate surface area is 122 Å². The standard InChI is InChI=1S/C16H15NO4/c1-11-8-9-14(17(19)20)12(2)15(11)16(18)21-10-13-6-4-3-5-7-13/h3-9H,10H2,1-2H3. The number of carbonyl (C=O) groups excluding carboxylic acids is 1. The maximum atomic E-state index is 12.2. The molecule has 108 valence electrons. The van der Waals surface area contributed by atoms with Gasteiger partial charge in [0, 0.05) is 11.6 Å². The van der Waals surface area contributed by atoms with Gasteiger partial charge in [0.15, 0.2) is 0 Å². The average Bonchev–Trinajstić information content (AvgIpc) is 2.46. The van der Waals surface area contributed by atoms with Crippen molar-refractivity contribution >= 4 is 11.7 Å². The van der Waals surface area contributed by atoms with Gasteiger partial charge in [-0.3, -0.25) is 10.1 Å². The number of hydrogen-bond acceptors (Lipinski definition) is 4. The molecular weight excluding hydrogens is 270 g/mol. The summed E-state index contributed by atoms with van der Waals surface area (Å²) in [6.07, 6.45) is 0. The maximum Gasteiger partial charge on any atom is 0.339 e. The molecule has 2 rings (SSSR count). The third-order valence-corrected chi connectivity index (χ3v) is 3.26. The van der Waals surface area contributed by atoms with Gasteiger partial charge in [-0.15, -0.1) is 0 Å². The summed E-state index contributed by atoms with van der Waals surface area (Å²) in [6.45, 7) is 3.43. The number of hydrogen-bond donors (Lipinski definition) is 0. The minimum Gasteiger partial charge on any atom is -0.457 e. The van der Waals surface area contributed by atoms with Crippen LogP contribution in [0.1, 0.15) is 27.0 Å². The highest BCUT2D eigenvalue weighted by Crippen LogP contribution is 2.25. The van der Waals surface area contributed by atoms with Gasteiger partial charge in [0.2, 0.25) is 0 Å². The second-order valence-corrected chi connectivity index (χ2v) is 4.72. The van der Waals surface area contributed by atoms with Crippen molar-refractivity contribution in [2.24, 2.45) is 0 Å². The molecule has 21 heavy (non-hydrogen) atoms. The van der Waals surface area contributed by atoms with E-state index in [2.05, 4.69) is 0 Å². The lowest BCUT2D eigenvalue weighted by Gasteiger charge is -2.10. The molecule has 0 aliphatic heterocycles. The molecule has 0 saturated heterocycles. The topological polar surface area (TPSA) is 69.4 Å². The molecule has 0 aliphatic carbocycles. The van der Waals surface area contributed by atoms with Gasteiger partial charge in [-0.1, -0.05) is 36.4 Å². The minimum atomic E-state index is -0.544. The van der Waals surface area contributed by atoms with Crippen LogP contribution in [0.15, 0.2) is 42.5 Å². The lowest BCUT2D eigenvalue weighted by Crippen LogP contribution is -2.10. The van der Waals surface area contributed by atoms with E-state index in [9.17, 15) is 14.9 Å². The minimum absolute atomic E-state index is 0.0766. The highest BCUT2D eigenvalue weighted by atomic mass is 16.6. The zero-order valence-corrected chi connectivity index (χ0v) is 11.8. The van der Waals surface area contributed by atoms with E-state index in [1.165, 1.54) is 6.07 Å². The Hall–Kier alpha value is -2.69. The summed E-state index contributed by atoms with van der Waals surface area (Å²) < 4.78 is 5.25. The van der Waals surface area contributed by atoms with Crippen molar-refractivity contribution < 1.29 is 14.5 Å².